The smallest absolute Gasteiger partial charge is 0.290 e. The molecule has 31 heavy (non-hydrogen) atoms. The van der Waals surface area contributed by atoms with Crippen molar-refractivity contribution in [3.8, 4) is 11.6 Å². The summed E-state index contributed by atoms with van der Waals surface area (Å²) in [6.45, 7) is 2.58. The number of hydrogen-bond acceptors (Lipinski definition) is 7. The molecule has 1 aliphatic rings. The molecule has 1 fully saturated rings. The molecular formula is C22H28N6O3. The average Bonchev–Trinajstić information content (AvgIpc) is 3.46. The molecule has 0 radical (unpaired) electrons. The van der Waals surface area contributed by atoms with Crippen LogP contribution >= 0.6 is 0 Å². The molecule has 0 aliphatic heterocycles. The van der Waals surface area contributed by atoms with Gasteiger partial charge in [0.05, 0.1) is 25.6 Å². The van der Waals surface area contributed by atoms with E-state index in [9.17, 15) is 4.79 Å². The van der Waals surface area contributed by atoms with E-state index in [0.29, 0.717) is 30.0 Å². The second-order valence-corrected chi connectivity index (χ2v) is 7.86. The van der Waals surface area contributed by atoms with E-state index >= 15 is 0 Å². The Bertz CT molecular complexity index is 1120. The SMILES string of the molecule is CCc1cc(N(C)c2cc(OC[C@H]3C[C@@H]3c3ccc(OC)cn3)nn(C)c2=O)n(C)n1. The summed E-state index contributed by atoms with van der Waals surface area (Å²) in [5, 5.41) is 8.75. The van der Waals surface area contributed by atoms with Gasteiger partial charge < -0.3 is 14.4 Å². The van der Waals surface area contributed by atoms with Gasteiger partial charge in [-0.25, -0.2) is 4.68 Å². The van der Waals surface area contributed by atoms with Crippen LogP contribution in [0.3, 0.4) is 0 Å². The second-order valence-electron chi connectivity index (χ2n) is 7.86. The third kappa shape index (κ3) is 4.26. The molecule has 3 heterocycles. The molecule has 0 unspecified atom stereocenters. The largest absolute Gasteiger partial charge is 0.495 e. The lowest BCUT2D eigenvalue weighted by atomic mass is 10.2. The molecule has 0 bridgehead atoms. The van der Waals surface area contributed by atoms with Gasteiger partial charge in [-0.1, -0.05) is 6.92 Å². The molecular weight excluding hydrogens is 396 g/mol. The summed E-state index contributed by atoms with van der Waals surface area (Å²) in [6.07, 6.45) is 3.59. The summed E-state index contributed by atoms with van der Waals surface area (Å²) < 4.78 is 14.2. The van der Waals surface area contributed by atoms with E-state index in [1.165, 1.54) is 4.68 Å². The number of methoxy groups -OCH3 is 1. The van der Waals surface area contributed by atoms with Crippen LogP contribution in [0.1, 0.15) is 30.7 Å². The highest BCUT2D eigenvalue weighted by molar-refractivity contribution is 5.59. The minimum Gasteiger partial charge on any atom is -0.495 e. The summed E-state index contributed by atoms with van der Waals surface area (Å²) >= 11 is 0. The van der Waals surface area contributed by atoms with Crippen LogP contribution in [0.5, 0.6) is 11.6 Å². The zero-order valence-corrected chi connectivity index (χ0v) is 18.6. The third-order valence-electron chi connectivity index (χ3n) is 5.74. The summed E-state index contributed by atoms with van der Waals surface area (Å²) in [5.74, 6) is 2.77. The molecule has 0 N–H and O–H groups in total. The minimum absolute atomic E-state index is 0.194. The van der Waals surface area contributed by atoms with Gasteiger partial charge in [-0.2, -0.15) is 5.10 Å². The maximum Gasteiger partial charge on any atom is 0.290 e. The van der Waals surface area contributed by atoms with Gasteiger partial charge in [-0.3, -0.25) is 14.5 Å². The van der Waals surface area contributed by atoms with Gasteiger partial charge >= 0.3 is 0 Å². The fourth-order valence-corrected chi connectivity index (χ4v) is 3.72. The van der Waals surface area contributed by atoms with E-state index < -0.39 is 0 Å². The average molecular weight is 425 g/mol. The number of aromatic nitrogens is 5. The third-order valence-corrected chi connectivity index (χ3v) is 5.74. The van der Waals surface area contributed by atoms with E-state index in [4.69, 9.17) is 9.47 Å². The summed E-state index contributed by atoms with van der Waals surface area (Å²) in [6, 6.07) is 7.61. The second kappa shape index (κ2) is 8.41. The molecule has 0 amide bonds. The molecule has 164 valence electrons. The predicted molar refractivity (Wildman–Crippen MR) is 117 cm³/mol. The van der Waals surface area contributed by atoms with Crippen LogP contribution < -0.4 is 19.9 Å². The lowest BCUT2D eigenvalue weighted by Gasteiger charge is -2.19. The Kier molecular flexibility index (Phi) is 5.67. The van der Waals surface area contributed by atoms with Crippen molar-refractivity contribution in [3.05, 3.63) is 52.2 Å². The Morgan fingerprint density at radius 3 is 2.65 bits per heavy atom. The van der Waals surface area contributed by atoms with Gasteiger partial charge in [0.25, 0.3) is 5.56 Å². The molecule has 0 aromatic carbocycles. The van der Waals surface area contributed by atoms with Gasteiger partial charge in [0.15, 0.2) is 0 Å². The number of hydrogen-bond donors (Lipinski definition) is 0. The summed E-state index contributed by atoms with van der Waals surface area (Å²) in [7, 11) is 6.99. The van der Waals surface area contributed by atoms with Crippen molar-refractivity contribution < 1.29 is 9.47 Å². The topological polar surface area (TPSA) is 87.3 Å². The van der Waals surface area contributed by atoms with Gasteiger partial charge in [0, 0.05) is 50.8 Å². The highest BCUT2D eigenvalue weighted by Crippen LogP contribution is 2.46. The number of nitrogens with zero attached hydrogens (tertiary/aromatic N) is 6. The van der Waals surface area contributed by atoms with E-state index in [1.807, 2.05) is 37.2 Å². The Hall–Kier alpha value is -3.36. The molecule has 0 saturated heterocycles. The molecule has 9 nitrogen and oxygen atoms in total. The van der Waals surface area contributed by atoms with E-state index in [1.54, 1.807) is 31.1 Å². The van der Waals surface area contributed by atoms with Crippen molar-refractivity contribution in [1.29, 1.82) is 0 Å². The maximum absolute atomic E-state index is 12.7. The first-order valence-corrected chi connectivity index (χ1v) is 10.4. The van der Waals surface area contributed by atoms with Crippen molar-refractivity contribution in [3.63, 3.8) is 0 Å². The fraction of sp³-hybridized carbons (Fsp3) is 0.455. The molecule has 9 heteroatoms. The standard InChI is InChI=1S/C22H28N6O3/c1-6-15-10-21(27(3)24-15)26(2)19-11-20(25-28(4)22(19)29)31-13-14-9-17(14)18-8-7-16(30-5)12-23-18/h7-8,10-12,14,17H,6,9,13H2,1-5H3/t14-,17+/m1/s1. The molecule has 2 atom stereocenters. The summed E-state index contributed by atoms with van der Waals surface area (Å²) in [5.41, 5.74) is 2.31. The predicted octanol–water partition coefficient (Wildman–Crippen LogP) is 2.43. The van der Waals surface area contributed by atoms with Crippen LogP contribution in [-0.2, 0) is 20.5 Å². The van der Waals surface area contributed by atoms with Crippen LogP contribution in [0, 0.1) is 5.92 Å². The van der Waals surface area contributed by atoms with Gasteiger partial charge in [-0.15, -0.1) is 5.10 Å². The molecule has 0 spiro atoms. The fourth-order valence-electron chi connectivity index (χ4n) is 3.72. The number of pyridine rings is 1. The van der Waals surface area contributed by atoms with E-state index in [0.717, 1.165) is 35.8 Å². The van der Waals surface area contributed by atoms with Crippen LogP contribution in [0.2, 0.25) is 0 Å². The maximum atomic E-state index is 12.7. The van der Waals surface area contributed by atoms with Crippen molar-refractivity contribution in [2.24, 2.45) is 20.0 Å². The van der Waals surface area contributed by atoms with Crippen LogP contribution in [0.15, 0.2) is 35.3 Å². The van der Waals surface area contributed by atoms with E-state index in [2.05, 4.69) is 22.1 Å². The monoisotopic (exact) mass is 424 g/mol. The zero-order valence-electron chi connectivity index (χ0n) is 18.6. The molecule has 1 aliphatic carbocycles. The Morgan fingerprint density at radius 2 is 2.00 bits per heavy atom. The Balaban J connectivity index is 1.47. The van der Waals surface area contributed by atoms with Crippen molar-refractivity contribution >= 4 is 11.5 Å². The lowest BCUT2D eigenvalue weighted by molar-refractivity contribution is 0.278. The lowest BCUT2D eigenvalue weighted by Crippen LogP contribution is -2.28. The van der Waals surface area contributed by atoms with Crippen LogP contribution in [0.4, 0.5) is 11.5 Å². The Morgan fingerprint density at radius 1 is 1.19 bits per heavy atom. The van der Waals surface area contributed by atoms with Gasteiger partial charge in [0.1, 0.15) is 17.3 Å². The minimum atomic E-state index is -0.194. The first-order chi connectivity index (χ1) is 14.9. The zero-order chi connectivity index (χ0) is 22.1. The highest BCUT2D eigenvalue weighted by atomic mass is 16.5. The van der Waals surface area contributed by atoms with Gasteiger partial charge in [-0.05, 0) is 25.0 Å². The van der Waals surface area contributed by atoms with Gasteiger partial charge in [0.2, 0.25) is 5.88 Å². The highest BCUT2D eigenvalue weighted by Gasteiger charge is 2.40. The van der Waals surface area contributed by atoms with Crippen LogP contribution in [0.25, 0.3) is 0 Å². The first-order valence-electron chi connectivity index (χ1n) is 10.4. The molecule has 1 saturated carbocycles. The number of ether oxygens (including phenoxy) is 2. The Labute approximate surface area is 181 Å². The first kappa shape index (κ1) is 20.9. The van der Waals surface area contributed by atoms with Crippen molar-refractivity contribution in [1.82, 2.24) is 24.5 Å². The number of anilines is 2. The molecule has 4 rings (SSSR count). The van der Waals surface area contributed by atoms with Crippen molar-refractivity contribution in [2.45, 2.75) is 25.7 Å². The normalized spacial score (nSPS) is 17.5. The van der Waals surface area contributed by atoms with Crippen molar-refractivity contribution in [2.75, 3.05) is 25.7 Å². The van der Waals surface area contributed by atoms with E-state index in [-0.39, 0.29) is 5.56 Å². The molecule has 3 aromatic heterocycles. The number of aryl methyl sites for hydroxylation is 3. The van der Waals surface area contributed by atoms with Crippen LogP contribution in [-0.4, -0.2) is 45.3 Å². The molecule has 3 aromatic rings. The number of rotatable bonds is 8. The summed E-state index contributed by atoms with van der Waals surface area (Å²) in [4.78, 5) is 19.0. The quantitative estimate of drug-likeness (QED) is 0.549.